The van der Waals surface area contributed by atoms with E-state index in [2.05, 4.69) is 5.32 Å². The largest absolute Gasteiger partial charge is 0.472 e. The van der Waals surface area contributed by atoms with Gasteiger partial charge in [-0.2, -0.15) is 0 Å². The molecule has 34 heavy (non-hydrogen) atoms. The number of nitrogens with one attached hydrogen (secondary N) is 1. The molecule has 0 atom stereocenters. The third-order valence-corrected chi connectivity index (χ3v) is 7.94. The number of carbonyl (C=O) groups is 3. The molecule has 1 aromatic heterocycles. The molecule has 0 spiro atoms. The summed E-state index contributed by atoms with van der Waals surface area (Å²) < 4.78 is 5.01. The topological polar surface area (TPSA) is 82.9 Å². The Balaban J connectivity index is 1.28. The molecule has 1 saturated carbocycles. The first-order valence-corrected chi connectivity index (χ1v) is 13.1. The molecular formula is C26H33N3O4S. The second kappa shape index (κ2) is 11.6. The molecule has 8 heteroatoms. The van der Waals surface area contributed by atoms with Gasteiger partial charge >= 0.3 is 0 Å². The van der Waals surface area contributed by atoms with E-state index in [4.69, 9.17) is 4.42 Å². The first-order valence-electron chi connectivity index (χ1n) is 12.1. The van der Waals surface area contributed by atoms with E-state index < -0.39 is 0 Å². The van der Waals surface area contributed by atoms with Crippen molar-refractivity contribution in [1.82, 2.24) is 15.1 Å². The third kappa shape index (κ3) is 6.03. The number of likely N-dealkylation sites (tertiary alicyclic amines) is 1. The molecule has 1 saturated heterocycles. The van der Waals surface area contributed by atoms with Crippen LogP contribution in [-0.2, 0) is 4.79 Å². The SMILES string of the molecule is CN(C(=O)CSc1ccccc1C(=O)NC1CCN(C(=O)c2ccoc2)CC1)C1CCCCC1. The number of thioether (sulfide) groups is 1. The standard InChI is InChI=1S/C26H33N3O4S/c1-28(21-7-3-2-4-8-21)24(30)18-34-23-10-6-5-9-22(23)25(31)27-20-11-14-29(15-12-20)26(32)19-13-16-33-17-19/h5-6,9-10,13,16-17,20-21H,2-4,7-8,11-12,14-15,18H2,1H3,(H,27,31). The number of rotatable bonds is 7. The smallest absolute Gasteiger partial charge is 0.257 e. The van der Waals surface area contributed by atoms with Crippen LogP contribution in [0.15, 0.2) is 52.2 Å². The average molecular weight is 484 g/mol. The van der Waals surface area contributed by atoms with Crippen LogP contribution < -0.4 is 5.32 Å². The molecular weight excluding hydrogens is 450 g/mol. The van der Waals surface area contributed by atoms with Crippen molar-refractivity contribution < 1.29 is 18.8 Å². The summed E-state index contributed by atoms with van der Waals surface area (Å²) in [6.07, 6.45) is 10.2. The van der Waals surface area contributed by atoms with Crippen molar-refractivity contribution >= 4 is 29.5 Å². The fraction of sp³-hybridized carbons (Fsp3) is 0.500. The molecule has 2 heterocycles. The molecule has 182 valence electrons. The van der Waals surface area contributed by atoms with Gasteiger partial charge in [0.25, 0.3) is 11.8 Å². The summed E-state index contributed by atoms with van der Waals surface area (Å²) in [6.45, 7) is 1.18. The van der Waals surface area contributed by atoms with Gasteiger partial charge in [0.1, 0.15) is 6.26 Å². The van der Waals surface area contributed by atoms with Gasteiger partial charge in [-0.15, -0.1) is 11.8 Å². The Labute approximate surface area is 205 Å². The van der Waals surface area contributed by atoms with Crippen LogP contribution in [0.5, 0.6) is 0 Å². The lowest BCUT2D eigenvalue weighted by molar-refractivity contribution is -0.129. The third-order valence-electron chi connectivity index (χ3n) is 6.88. The van der Waals surface area contributed by atoms with E-state index in [1.165, 1.54) is 43.6 Å². The van der Waals surface area contributed by atoms with Crippen LogP contribution in [0.25, 0.3) is 0 Å². The molecule has 2 aliphatic rings. The van der Waals surface area contributed by atoms with E-state index in [-0.39, 0.29) is 23.8 Å². The monoisotopic (exact) mass is 483 g/mol. The van der Waals surface area contributed by atoms with Gasteiger partial charge in [0.05, 0.1) is 23.1 Å². The van der Waals surface area contributed by atoms with Crippen molar-refractivity contribution in [3.05, 3.63) is 54.0 Å². The molecule has 7 nitrogen and oxygen atoms in total. The summed E-state index contributed by atoms with van der Waals surface area (Å²) in [6, 6.07) is 9.48. The molecule has 3 amide bonds. The summed E-state index contributed by atoms with van der Waals surface area (Å²) in [7, 11) is 1.90. The van der Waals surface area contributed by atoms with Crippen LogP contribution in [0.1, 0.15) is 65.7 Å². The van der Waals surface area contributed by atoms with Gasteiger partial charge in [0, 0.05) is 37.1 Å². The Morgan fingerprint density at radius 1 is 1.06 bits per heavy atom. The minimum atomic E-state index is -0.129. The fourth-order valence-corrected chi connectivity index (χ4v) is 5.73. The molecule has 1 aliphatic carbocycles. The van der Waals surface area contributed by atoms with Crippen molar-refractivity contribution in [2.45, 2.75) is 61.9 Å². The predicted molar refractivity (Wildman–Crippen MR) is 132 cm³/mol. The van der Waals surface area contributed by atoms with E-state index in [0.717, 1.165) is 17.7 Å². The van der Waals surface area contributed by atoms with Crippen LogP contribution in [-0.4, -0.2) is 65.5 Å². The maximum atomic E-state index is 13.0. The van der Waals surface area contributed by atoms with Crippen LogP contribution in [0.3, 0.4) is 0 Å². The van der Waals surface area contributed by atoms with Gasteiger partial charge < -0.3 is 19.5 Å². The second-order valence-corrected chi connectivity index (χ2v) is 10.2. The number of benzene rings is 1. The van der Waals surface area contributed by atoms with E-state index >= 15 is 0 Å². The zero-order valence-corrected chi connectivity index (χ0v) is 20.5. The zero-order chi connectivity index (χ0) is 23.9. The molecule has 0 unspecified atom stereocenters. The highest BCUT2D eigenvalue weighted by atomic mass is 32.2. The Bertz CT molecular complexity index is 980. The minimum absolute atomic E-state index is 0.0121. The lowest BCUT2D eigenvalue weighted by Crippen LogP contribution is -2.46. The Morgan fingerprint density at radius 2 is 1.79 bits per heavy atom. The Hall–Kier alpha value is -2.74. The zero-order valence-electron chi connectivity index (χ0n) is 19.7. The molecule has 0 radical (unpaired) electrons. The maximum Gasteiger partial charge on any atom is 0.257 e. The lowest BCUT2D eigenvalue weighted by atomic mass is 9.94. The first-order chi connectivity index (χ1) is 16.5. The minimum Gasteiger partial charge on any atom is -0.472 e. The van der Waals surface area contributed by atoms with Gasteiger partial charge in [-0.05, 0) is 43.9 Å². The molecule has 0 bridgehead atoms. The lowest BCUT2D eigenvalue weighted by Gasteiger charge is -2.32. The van der Waals surface area contributed by atoms with Crippen LogP contribution in [0.2, 0.25) is 0 Å². The molecule has 1 N–H and O–H groups in total. The van der Waals surface area contributed by atoms with Gasteiger partial charge in [0.15, 0.2) is 0 Å². The Morgan fingerprint density at radius 3 is 2.50 bits per heavy atom. The van der Waals surface area contributed by atoms with E-state index in [9.17, 15) is 14.4 Å². The van der Waals surface area contributed by atoms with Crippen LogP contribution >= 0.6 is 11.8 Å². The summed E-state index contributed by atoms with van der Waals surface area (Å²) >= 11 is 1.43. The number of piperidine rings is 1. The average Bonchev–Trinajstić information content (AvgIpc) is 3.42. The highest BCUT2D eigenvalue weighted by Crippen LogP contribution is 2.26. The summed E-state index contributed by atoms with van der Waals surface area (Å²) in [4.78, 5) is 42.8. The van der Waals surface area contributed by atoms with E-state index in [0.29, 0.717) is 48.9 Å². The van der Waals surface area contributed by atoms with E-state index in [1.807, 2.05) is 36.2 Å². The van der Waals surface area contributed by atoms with Crippen molar-refractivity contribution in [3.8, 4) is 0 Å². The summed E-state index contributed by atoms with van der Waals surface area (Å²) in [5, 5.41) is 3.13. The van der Waals surface area contributed by atoms with Crippen molar-refractivity contribution in [2.24, 2.45) is 0 Å². The number of hydrogen-bond acceptors (Lipinski definition) is 5. The Kier molecular flexibility index (Phi) is 8.32. The van der Waals surface area contributed by atoms with Crippen molar-refractivity contribution in [3.63, 3.8) is 0 Å². The van der Waals surface area contributed by atoms with Crippen LogP contribution in [0, 0.1) is 0 Å². The second-order valence-electron chi connectivity index (χ2n) is 9.13. The van der Waals surface area contributed by atoms with Gasteiger partial charge in [-0.25, -0.2) is 0 Å². The highest BCUT2D eigenvalue weighted by Gasteiger charge is 2.26. The van der Waals surface area contributed by atoms with Crippen LogP contribution in [0.4, 0.5) is 0 Å². The van der Waals surface area contributed by atoms with Gasteiger partial charge in [-0.3, -0.25) is 14.4 Å². The normalized spacial score (nSPS) is 17.4. The van der Waals surface area contributed by atoms with E-state index in [1.54, 1.807) is 11.0 Å². The fourth-order valence-electron chi connectivity index (χ4n) is 4.75. The number of carbonyl (C=O) groups excluding carboxylic acids is 3. The first kappa shape index (κ1) is 24.4. The van der Waals surface area contributed by atoms with Crippen molar-refractivity contribution in [1.29, 1.82) is 0 Å². The number of hydrogen-bond donors (Lipinski definition) is 1. The van der Waals surface area contributed by atoms with Crippen molar-refractivity contribution in [2.75, 3.05) is 25.9 Å². The number of nitrogens with zero attached hydrogens (tertiary/aromatic N) is 2. The van der Waals surface area contributed by atoms with Gasteiger partial charge in [0.2, 0.25) is 5.91 Å². The maximum absolute atomic E-state index is 13.0. The highest BCUT2D eigenvalue weighted by molar-refractivity contribution is 8.00. The van der Waals surface area contributed by atoms with Gasteiger partial charge in [-0.1, -0.05) is 31.4 Å². The number of amides is 3. The molecule has 1 aromatic carbocycles. The summed E-state index contributed by atoms with van der Waals surface area (Å²) in [5.74, 6) is 0.270. The molecule has 2 fully saturated rings. The summed E-state index contributed by atoms with van der Waals surface area (Å²) in [5.41, 5.74) is 1.15. The molecule has 1 aliphatic heterocycles. The number of furan rings is 1. The molecule has 2 aromatic rings. The quantitative estimate of drug-likeness (QED) is 0.597. The predicted octanol–water partition coefficient (Wildman–Crippen LogP) is 4.20. The molecule has 4 rings (SSSR count).